The molecule has 0 saturated carbocycles. The zero-order valence-electron chi connectivity index (χ0n) is 12.6. The summed E-state index contributed by atoms with van der Waals surface area (Å²) in [5, 5.41) is 3.41. The standard InChI is InChI=1S/C16H26N2O2/c1-13(2)8-17-9-15-4-3-5-16(18-15)12-20-11-14-6-7-19-10-14/h3-5,13-14,17H,6-12H2,1-2H3. The molecule has 1 aromatic heterocycles. The summed E-state index contributed by atoms with van der Waals surface area (Å²) in [6, 6.07) is 6.13. The second-order valence-corrected chi connectivity index (χ2v) is 5.89. The van der Waals surface area contributed by atoms with Crippen LogP contribution in [0.2, 0.25) is 0 Å². The van der Waals surface area contributed by atoms with Crippen molar-refractivity contribution in [1.29, 1.82) is 0 Å². The lowest BCUT2D eigenvalue weighted by molar-refractivity contribution is 0.0772. The Morgan fingerprint density at radius 2 is 2.25 bits per heavy atom. The molecule has 2 rings (SSSR count). The van der Waals surface area contributed by atoms with Gasteiger partial charge >= 0.3 is 0 Å². The van der Waals surface area contributed by atoms with Crippen LogP contribution in [0.5, 0.6) is 0 Å². The van der Waals surface area contributed by atoms with Crippen molar-refractivity contribution < 1.29 is 9.47 Å². The molecule has 2 heterocycles. The summed E-state index contributed by atoms with van der Waals surface area (Å²) in [6.45, 7) is 9.34. The lowest BCUT2D eigenvalue weighted by Crippen LogP contribution is -2.19. The van der Waals surface area contributed by atoms with Gasteiger partial charge in [-0.25, -0.2) is 0 Å². The highest BCUT2D eigenvalue weighted by Crippen LogP contribution is 2.13. The first kappa shape index (κ1) is 15.4. The van der Waals surface area contributed by atoms with Crippen LogP contribution in [-0.4, -0.2) is 31.3 Å². The molecule has 1 saturated heterocycles. The van der Waals surface area contributed by atoms with Crippen molar-refractivity contribution in [2.24, 2.45) is 11.8 Å². The van der Waals surface area contributed by atoms with E-state index in [9.17, 15) is 0 Å². The first-order valence-corrected chi connectivity index (χ1v) is 7.55. The highest BCUT2D eigenvalue weighted by molar-refractivity contribution is 5.10. The summed E-state index contributed by atoms with van der Waals surface area (Å²) in [7, 11) is 0. The fourth-order valence-electron chi connectivity index (χ4n) is 2.24. The van der Waals surface area contributed by atoms with Crippen LogP contribution in [0.1, 0.15) is 31.7 Å². The molecule has 1 aromatic rings. The third-order valence-corrected chi connectivity index (χ3v) is 3.35. The van der Waals surface area contributed by atoms with Gasteiger partial charge in [-0.3, -0.25) is 4.98 Å². The van der Waals surface area contributed by atoms with Gasteiger partial charge in [-0.2, -0.15) is 0 Å². The molecule has 0 spiro atoms. The van der Waals surface area contributed by atoms with Gasteiger partial charge < -0.3 is 14.8 Å². The van der Waals surface area contributed by atoms with Crippen LogP contribution in [0, 0.1) is 11.8 Å². The highest BCUT2D eigenvalue weighted by Gasteiger charge is 2.15. The van der Waals surface area contributed by atoms with Gasteiger partial charge in [0.05, 0.1) is 31.2 Å². The van der Waals surface area contributed by atoms with Gasteiger partial charge in [-0.1, -0.05) is 19.9 Å². The average molecular weight is 278 g/mol. The summed E-state index contributed by atoms with van der Waals surface area (Å²) in [4.78, 5) is 4.61. The van der Waals surface area contributed by atoms with Crippen LogP contribution in [0.3, 0.4) is 0 Å². The minimum atomic E-state index is 0.561. The first-order chi connectivity index (χ1) is 9.74. The molecular weight excluding hydrogens is 252 g/mol. The maximum Gasteiger partial charge on any atom is 0.0888 e. The monoisotopic (exact) mass is 278 g/mol. The van der Waals surface area contributed by atoms with E-state index in [1.165, 1.54) is 0 Å². The summed E-state index contributed by atoms with van der Waals surface area (Å²) in [5.41, 5.74) is 2.09. The maximum atomic E-state index is 5.74. The van der Waals surface area contributed by atoms with Crippen molar-refractivity contribution in [1.82, 2.24) is 10.3 Å². The fourth-order valence-corrected chi connectivity index (χ4v) is 2.24. The van der Waals surface area contributed by atoms with Crippen molar-refractivity contribution in [3.05, 3.63) is 29.6 Å². The Hall–Kier alpha value is -0.970. The van der Waals surface area contributed by atoms with Gasteiger partial charge in [0.1, 0.15) is 0 Å². The quantitative estimate of drug-likeness (QED) is 0.793. The van der Waals surface area contributed by atoms with Gasteiger partial charge in [-0.05, 0) is 31.0 Å². The number of nitrogens with zero attached hydrogens (tertiary/aromatic N) is 1. The average Bonchev–Trinajstić information content (AvgIpc) is 2.92. The Morgan fingerprint density at radius 3 is 3.00 bits per heavy atom. The van der Waals surface area contributed by atoms with Crippen LogP contribution < -0.4 is 5.32 Å². The molecule has 1 N–H and O–H groups in total. The zero-order chi connectivity index (χ0) is 14.2. The van der Waals surface area contributed by atoms with Crippen LogP contribution in [-0.2, 0) is 22.6 Å². The smallest absolute Gasteiger partial charge is 0.0888 e. The Bertz CT molecular complexity index is 390. The number of rotatable bonds is 8. The van der Waals surface area contributed by atoms with Gasteiger partial charge in [0.15, 0.2) is 0 Å². The topological polar surface area (TPSA) is 43.4 Å². The van der Waals surface area contributed by atoms with E-state index in [1.807, 2.05) is 6.07 Å². The largest absolute Gasteiger partial charge is 0.381 e. The summed E-state index contributed by atoms with van der Waals surface area (Å²) in [6.07, 6.45) is 1.12. The second-order valence-electron chi connectivity index (χ2n) is 5.89. The molecule has 112 valence electrons. The molecule has 0 aromatic carbocycles. The molecule has 0 bridgehead atoms. The van der Waals surface area contributed by atoms with Crippen LogP contribution in [0.4, 0.5) is 0 Å². The van der Waals surface area contributed by atoms with E-state index in [4.69, 9.17) is 9.47 Å². The fraction of sp³-hybridized carbons (Fsp3) is 0.688. The zero-order valence-corrected chi connectivity index (χ0v) is 12.6. The van der Waals surface area contributed by atoms with E-state index in [1.54, 1.807) is 0 Å². The Morgan fingerprint density at radius 1 is 1.40 bits per heavy atom. The molecule has 0 amide bonds. The molecule has 4 nitrogen and oxygen atoms in total. The summed E-state index contributed by atoms with van der Waals surface area (Å²) >= 11 is 0. The SMILES string of the molecule is CC(C)CNCc1cccc(COCC2CCOC2)n1. The third kappa shape index (κ3) is 5.57. The van der Waals surface area contributed by atoms with Gasteiger partial charge in [0, 0.05) is 19.1 Å². The molecular formula is C16H26N2O2. The molecule has 1 unspecified atom stereocenters. The number of ether oxygens (including phenoxy) is 2. The Balaban J connectivity index is 1.71. The number of nitrogens with one attached hydrogen (secondary N) is 1. The van der Waals surface area contributed by atoms with Crippen molar-refractivity contribution in [2.75, 3.05) is 26.4 Å². The summed E-state index contributed by atoms with van der Waals surface area (Å²) in [5.74, 6) is 1.22. The van der Waals surface area contributed by atoms with E-state index >= 15 is 0 Å². The normalized spacial score (nSPS) is 18.9. The van der Waals surface area contributed by atoms with Gasteiger partial charge in [0.2, 0.25) is 0 Å². The van der Waals surface area contributed by atoms with Crippen LogP contribution >= 0.6 is 0 Å². The number of aromatic nitrogens is 1. The molecule has 4 heteroatoms. The van der Waals surface area contributed by atoms with Gasteiger partial charge in [0.25, 0.3) is 0 Å². The molecule has 1 aliphatic heterocycles. The Kier molecular flexibility index (Phi) is 6.43. The molecule has 1 fully saturated rings. The van der Waals surface area contributed by atoms with E-state index in [0.29, 0.717) is 18.4 Å². The predicted molar refractivity (Wildman–Crippen MR) is 79.4 cm³/mol. The van der Waals surface area contributed by atoms with Crippen LogP contribution in [0.25, 0.3) is 0 Å². The first-order valence-electron chi connectivity index (χ1n) is 7.55. The predicted octanol–water partition coefficient (Wildman–Crippen LogP) is 2.38. The van der Waals surface area contributed by atoms with E-state index in [0.717, 1.165) is 50.7 Å². The minimum absolute atomic E-state index is 0.561. The van der Waals surface area contributed by atoms with Crippen LogP contribution in [0.15, 0.2) is 18.2 Å². The third-order valence-electron chi connectivity index (χ3n) is 3.35. The van der Waals surface area contributed by atoms with Crippen molar-refractivity contribution >= 4 is 0 Å². The molecule has 0 aliphatic carbocycles. The molecule has 1 atom stereocenters. The van der Waals surface area contributed by atoms with E-state index < -0.39 is 0 Å². The lowest BCUT2D eigenvalue weighted by atomic mass is 10.1. The highest BCUT2D eigenvalue weighted by atomic mass is 16.5. The van der Waals surface area contributed by atoms with E-state index in [-0.39, 0.29) is 0 Å². The van der Waals surface area contributed by atoms with Crippen molar-refractivity contribution in [3.63, 3.8) is 0 Å². The van der Waals surface area contributed by atoms with Crippen molar-refractivity contribution in [2.45, 2.75) is 33.4 Å². The van der Waals surface area contributed by atoms with E-state index in [2.05, 4.69) is 36.3 Å². The molecule has 1 aliphatic rings. The van der Waals surface area contributed by atoms with Crippen molar-refractivity contribution in [3.8, 4) is 0 Å². The maximum absolute atomic E-state index is 5.74. The lowest BCUT2D eigenvalue weighted by Gasteiger charge is -2.10. The number of hydrogen-bond donors (Lipinski definition) is 1. The Labute approximate surface area is 121 Å². The molecule has 0 radical (unpaired) electrons. The number of pyridine rings is 1. The number of hydrogen-bond acceptors (Lipinski definition) is 4. The second kappa shape index (κ2) is 8.35. The van der Waals surface area contributed by atoms with Gasteiger partial charge in [-0.15, -0.1) is 0 Å². The molecule has 20 heavy (non-hydrogen) atoms. The minimum Gasteiger partial charge on any atom is -0.381 e. The summed E-state index contributed by atoms with van der Waals surface area (Å²) < 4.78 is 11.1.